The van der Waals surface area contributed by atoms with E-state index in [0.717, 1.165) is 35.7 Å². The molecule has 0 spiro atoms. The molecule has 0 unspecified atom stereocenters. The van der Waals surface area contributed by atoms with E-state index in [2.05, 4.69) is 18.4 Å². The first-order valence-electron chi connectivity index (χ1n) is 8.57. The lowest BCUT2D eigenvalue weighted by atomic mass is 10.1. The van der Waals surface area contributed by atoms with Gasteiger partial charge in [-0.25, -0.2) is 0 Å². The molecule has 2 rings (SSSR count). The summed E-state index contributed by atoms with van der Waals surface area (Å²) in [6.45, 7) is 13.5. The van der Waals surface area contributed by atoms with Crippen LogP contribution in [0.15, 0.2) is 30.4 Å². The van der Waals surface area contributed by atoms with Gasteiger partial charge in [-0.1, -0.05) is 19.6 Å². The highest BCUT2D eigenvalue weighted by molar-refractivity contribution is 5.43. The third-order valence-electron chi connectivity index (χ3n) is 4.06. The highest BCUT2D eigenvalue weighted by Gasteiger charge is 2.30. The van der Waals surface area contributed by atoms with Crippen LogP contribution in [0.3, 0.4) is 0 Å². The Morgan fingerprint density at radius 2 is 2.08 bits per heavy atom. The van der Waals surface area contributed by atoms with E-state index in [4.69, 9.17) is 14.2 Å². The monoisotopic (exact) mass is 335 g/mol. The van der Waals surface area contributed by atoms with Crippen LogP contribution in [0.5, 0.6) is 11.5 Å². The van der Waals surface area contributed by atoms with E-state index >= 15 is 0 Å². The molecule has 1 fully saturated rings. The molecule has 0 bridgehead atoms. The third kappa shape index (κ3) is 4.97. The van der Waals surface area contributed by atoms with Gasteiger partial charge in [0.05, 0.1) is 32.0 Å². The highest BCUT2D eigenvalue weighted by Crippen LogP contribution is 2.30. The molecule has 5 nitrogen and oxygen atoms in total. The van der Waals surface area contributed by atoms with Crippen molar-refractivity contribution in [1.29, 1.82) is 0 Å². The van der Waals surface area contributed by atoms with E-state index in [-0.39, 0.29) is 6.04 Å². The molecule has 1 aliphatic rings. The molecular weight excluding hydrogens is 306 g/mol. The lowest BCUT2D eigenvalue weighted by molar-refractivity contribution is 0.0807. The van der Waals surface area contributed by atoms with E-state index in [1.807, 2.05) is 32.0 Å². The number of nitrogens with zero attached hydrogens (tertiary/aromatic N) is 1. The topological polar surface area (TPSA) is 51.2 Å². The van der Waals surface area contributed by atoms with Gasteiger partial charge in [-0.3, -0.25) is 4.90 Å². The Labute approximate surface area is 144 Å². The molecule has 24 heavy (non-hydrogen) atoms. The van der Waals surface area contributed by atoms with E-state index in [0.29, 0.717) is 26.4 Å². The normalized spacial score (nSPS) is 20.4. The molecule has 0 aliphatic carbocycles. The lowest BCUT2D eigenvalue weighted by Crippen LogP contribution is -2.42. The number of aliphatic hydroxyl groups excluding tert-OH is 1. The van der Waals surface area contributed by atoms with Crippen molar-refractivity contribution >= 4 is 0 Å². The van der Waals surface area contributed by atoms with Crippen LogP contribution in [-0.2, 0) is 11.3 Å². The van der Waals surface area contributed by atoms with Gasteiger partial charge in [-0.2, -0.15) is 0 Å². The van der Waals surface area contributed by atoms with Crippen LogP contribution in [0.4, 0.5) is 0 Å². The van der Waals surface area contributed by atoms with Crippen molar-refractivity contribution in [1.82, 2.24) is 4.90 Å². The summed E-state index contributed by atoms with van der Waals surface area (Å²) in [6.07, 6.45) is -0.422. The molecular formula is C19H29NO4. The predicted molar refractivity (Wildman–Crippen MR) is 94.6 cm³/mol. The molecule has 1 aliphatic heterocycles. The number of aliphatic hydroxyl groups is 1. The fourth-order valence-electron chi connectivity index (χ4n) is 2.82. The Balaban J connectivity index is 2.11. The quantitative estimate of drug-likeness (QED) is 0.703. The molecule has 1 aromatic carbocycles. The smallest absolute Gasteiger partial charge is 0.161 e. The van der Waals surface area contributed by atoms with Gasteiger partial charge in [-0.15, -0.1) is 0 Å². The number of ether oxygens (including phenoxy) is 3. The van der Waals surface area contributed by atoms with E-state index < -0.39 is 6.10 Å². The molecule has 2 atom stereocenters. The standard InChI is InChI=1S/C19H29NO4/c1-5-20(16-12-22-13-17(16)21)10-15-7-8-18(24-11-14(3)4)19(9-15)23-6-2/h7-9,16-17,21H,3,5-6,10-13H2,1-2,4H3/t16-,17-/m0/s1. The summed E-state index contributed by atoms with van der Waals surface area (Å²) < 4.78 is 16.9. The second-order valence-electron chi connectivity index (χ2n) is 6.20. The summed E-state index contributed by atoms with van der Waals surface area (Å²) in [5, 5.41) is 10.1. The molecule has 0 amide bonds. The molecule has 1 N–H and O–H groups in total. The van der Waals surface area contributed by atoms with Crippen molar-refractivity contribution in [2.75, 3.05) is 33.0 Å². The second-order valence-corrected chi connectivity index (χ2v) is 6.20. The van der Waals surface area contributed by atoms with Crippen LogP contribution in [0, 0.1) is 0 Å². The summed E-state index contributed by atoms with van der Waals surface area (Å²) in [6, 6.07) is 6.05. The average molecular weight is 335 g/mol. The first-order chi connectivity index (χ1) is 11.5. The lowest BCUT2D eigenvalue weighted by Gasteiger charge is -2.28. The zero-order valence-electron chi connectivity index (χ0n) is 15.0. The van der Waals surface area contributed by atoms with Gasteiger partial charge in [0.1, 0.15) is 6.61 Å². The maximum atomic E-state index is 10.1. The largest absolute Gasteiger partial charge is 0.490 e. The number of likely N-dealkylation sites (N-methyl/N-ethyl adjacent to an activating group) is 1. The van der Waals surface area contributed by atoms with Crippen molar-refractivity contribution in [3.05, 3.63) is 35.9 Å². The van der Waals surface area contributed by atoms with Gasteiger partial charge < -0.3 is 19.3 Å². The van der Waals surface area contributed by atoms with Crippen LogP contribution in [0.2, 0.25) is 0 Å². The Hall–Kier alpha value is -1.56. The van der Waals surface area contributed by atoms with Gasteiger partial charge in [0.25, 0.3) is 0 Å². The van der Waals surface area contributed by atoms with Gasteiger partial charge >= 0.3 is 0 Å². The Bertz CT molecular complexity index is 546. The Kier molecular flexibility index (Phi) is 7.09. The number of rotatable bonds is 9. The maximum Gasteiger partial charge on any atom is 0.161 e. The number of hydrogen-bond donors (Lipinski definition) is 1. The molecule has 1 saturated heterocycles. The predicted octanol–water partition coefficient (Wildman–Crippen LogP) is 2.62. The van der Waals surface area contributed by atoms with Gasteiger partial charge in [0, 0.05) is 6.54 Å². The number of benzene rings is 1. The summed E-state index contributed by atoms with van der Waals surface area (Å²) in [5.41, 5.74) is 2.09. The van der Waals surface area contributed by atoms with Crippen LogP contribution < -0.4 is 9.47 Å². The zero-order chi connectivity index (χ0) is 17.5. The van der Waals surface area contributed by atoms with E-state index in [1.165, 1.54) is 0 Å². The van der Waals surface area contributed by atoms with Crippen molar-refractivity contribution in [3.63, 3.8) is 0 Å². The molecule has 134 valence electrons. The summed E-state index contributed by atoms with van der Waals surface area (Å²) in [4.78, 5) is 2.23. The van der Waals surface area contributed by atoms with Crippen LogP contribution in [-0.4, -0.2) is 55.1 Å². The van der Waals surface area contributed by atoms with E-state index in [1.54, 1.807) is 0 Å². The highest BCUT2D eigenvalue weighted by atomic mass is 16.5. The van der Waals surface area contributed by atoms with Gasteiger partial charge in [-0.05, 0) is 43.7 Å². The minimum atomic E-state index is -0.422. The van der Waals surface area contributed by atoms with Crippen molar-refractivity contribution in [3.8, 4) is 11.5 Å². The van der Waals surface area contributed by atoms with Crippen molar-refractivity contribution in [2.24, 2.45) is 0 Å². The number of hydrogen-bond acceptors (Lipinski definition) is 5. The molecule has 1 aromatic rings. The SMILES string of the molecule is C=C(C)COc1ccc(CN(CC)[C@H]2COC[C@@H]2O)cc1OCC. The van der Waals surface area contributed by atoms with Crippen LogP contribution in [0.25, 0.3) is 0 Å². The molecule has 0 aromatic heterocycles. The Morgan fingerprint density at radius 3 is 2.67 bits per heavy atom. The summed E-state index contributed by atoms with van der Waals surface area (Å²) in [7, 11) is 0. The molecule has 0 radical (unpaired) electrons. The molecule has 1 heterocycles. The minimum absolute atomic E-state index is 0.0462. The van der Waals surface area contributed by atoms with E-state index in [9.17, 15) is 5.11 Å². The molecule has 0 saturated carbocycles. The maximum absolute atomic E-state index is 10.1. The fraction of sp³-hybridized carbons (Fsp3) is 0.579. The summed E-state index contributed by atoms with van der Waals surface area (Å²) in [5.74, 6) is 1.48. The van der Waals surface area contributed by atoms with Crippen LogP contribution >= 0.6 is 0 Å². The van der Waals surface area contributed by atoms with Crippen molar-refractivity contribution < 1.29 is 19.3 Å². The first kappa shape index (κ1) is 18.8. The first-order valence-corrected chi connectivity index (χ1v) is 8.57. The van der Waals surface area contributed by atoms with Crippen molar-refractivity contribution in [2.45, 2.75) is 39.5 Å². The average Bonchev–Trinajstić information content (AvgIpc) is 2.98. The summed E-state index contributed by atoms with van der Waals surface area (Å²) >= 11 is 0. The third-order valence-corrected chi connectivity index (χ3v) is 4.06. The van der Waals surface area contributed by atoms with Crippen LogP contribution in [0.1, 0.15) is 26.3 Å². The van der Waals surface area contributed by atoms with Gasteiger partial charge in [0.15, 0.2) is 11.5 Å². The second kappa shape index (κ2) is 9.06. The minimum Gasteiger partial charge on any atom is -0.490 e. The van der Waals surface area contributed by atoms with Gasteiger partial charge in [0.2, 0.25) is 0 Å². The fourth-order valence-corrected chi connectivity index (χ4v) is 2.82. The molecule has 5 heteroatoms. The Morgan fingerprint density at radius 1 is 1.29 bits per heavy atom. The zero-order valence-corrected chi connectivity index (χ0v) is 15.0.